The van der Waals surface area contributed by atoms with Crippen molar-refractivity contribution in [3.8, 4) is 0 Å². The van der Waals surface area contributed by atoms with Crippen LogP contribution in [0.5, 0.6) is 0 Å². The van der Waals surface area contributed by atoms with Gasteiger partial charge in [-0.3, -0.25) is 0 Å². The van der Waals surface area contributed by atoms with Crippen LogP contribution in [0.3, 0.4) is 0 Å². The molecule has 0 aliphatic rings. The molecule has 0 fully saturated rings. The molecule has 1 nitrogen and oxygen atoms in total. The van der Waals surface area contributed by atoms with Crippen molar-refractivity contribution in [2.75, 3.05) is 0 Å². The van der Waals surface area contributed by atoms with Crippen LogP contribution in [0.2, 0.25) is 5.02 Å². The highest BCUT2D eigenvalue weighted by Gasteiger charge is 2.08. The van der Waals surface area contributed by atoms with Crippen LogP contribution in [0, 0.1) is 0 Å². The molecule has 4 heteroatoms. The van der Waals surface area contributed by atoms with Gasteiger partial charge in [-0.25, -0.2) is 8.78 Å². The van der Waals surface area contributed by atoms with E-state index in [-0.39, 0.29) is 11.6 Å². The monoisotopic (exact) mass is 295 g/mol. The van der Waals surface area contributed by atoms with Crippen molar-refractivity contribution in [2.24, 2.45) is 0 Å². The Morgan fingerprint density at radius 1 is 1.05 bits per heavy atom. The summed E-state index contributed by atoms with van der Waals surface area (Å²) in [5.74, 6) is 0. The zero-order valence-electron chi connectivity index (χ0n) is 11.1. The highest BCUT2D eigenvalue weighted by molar-refractivity contribution is 6.30. The van der Waals surface area contributed by atoms with E-state index in [0.29, 0.717) is 11.6 Å². The zero-order chi connectivity index (χ0) is 14.5. The van der Waals surface area contributed by atoms with Crippen molar-refractivity contribution in [2.45, 2.75) is 25.9 Å². The van der Waals surface area contributed by atoms with Crippen LogP contribution in [-0.2, 0) is 6.54 Å². The fourth-order valence-electron chi connectivity index (χ4n) is 2.00. The zero-order valence-corrected chi connectivity index (χ0v) is 11.9. The Hall–Kier alpha value is -1.45. The van der Waals surface area contributed by atoms with Gasteiger partial charge in [-0.05, 0) is 36.2 Å². The van der Waals surface area contributed by atoms with Gasteiger partial charge in [-0.15, -0.1) is 0 Å². The molecule has 2 aromatic carbocycles. The molecular formula is C16H16ClF2N. The average molecular weight is 296 g/mol. The molecule has 0 radical (unpaired) electrons. The predicted octanol–water partition coefficient (Wildman–Crippen LogP) is 5.13. The van der Waals surface area contributed by atoms with Crippen molar-refractivity contribution < 1.29 is 8.78 Å². The topological polar surface area (TPSA) is 12.0 Å². The SMILES string of the molecule is C[C@@H](NCc1cccc(C(F)F)c1)c1cccc(Cl)c1. The van der Waals surface area contributed by atoms with Gasteiger partial charge in [0.15, 0.2) is 0 Å². The molecule has 106 valence electrons. The van der Waals surface area contributed by atoms with E-state index in [1.165, 1.54) is 12.1 Å². The summed E-state index contributed by atoms with van der Waals surface area (Å²) in [6.07, 6.45) is -2.43. The van der Waals surface area contributed by atoms with Crippen LogP contribution in [0.1, 0.15) is 36.1 Å². The third-order valence-corrected chi connectivity index (χ3v) is 3.40. The van der Waals surface area contributed by atoms with E-state index in [2.05, 4.69) is 5.32 Å². The summed E-state index contributed by atoms with van der Waals surface area (Å²) >= 11 is 5.95. The molecule has 0 heterocycles. The van der Waals surface area contributed by atoms with Crippen LogP contribution in [0.4, 0.5) is 8.78 Å². The van der Waals surface area contributed by atoms with Gasteiger partial charge >= 0.3 is 0 Å². The maximum Gasteiger partial charge on any atom is 0.263 e. The number of alkyl halides is 2. The van der Waals surface area contributed by atoms with E-state index in [1.807, 2.05) is 37.3 Å². The van der Waals surface area contributed by atoms with Crippen LogP contribution in [0.25, 0.3) is 0 Å². The molecule has 2 rings (SSSR count). The van der Waals surface area contributed by atoms with Gasteiger partial charge in [0.25, 0.3) is 6.43 Å². The van der Waals surface area contributed by atoms with Gasteiger partial charge in [0.2, 0.25) is 0 Å². The second kappa shape index (κ2) is 6.82. The fraction of sp³-hybridized carbons (Fsp3) is 0.250. The Labute approximate surface area is 122 Å². The standard InChI is InChI=1S/C16H16ClF2N/c1-11(13-5-3-7-15(17)9-13)20-10-12-4-2-6-14(8-12)16(18)19/h2-9,11,16,20H,10H2,1H3/t11-/m1/s1. The average Bonchev–Trinajstić information content (AvgIpc) is 2.45. The van der Waals surface area contributed by atoms with Gasteiger partial charge in [0.1, 0.15) is 0 Å². The second-order valence-corrected chi connectivity index (χ2v) is 5.14. The largest absolute Gasteiger partial charge is 0.306 e. The second-order valence-electron chi connectivity index (χ2n) is 4.70. The lowest BCUT2D eigenvalue weighted by Gasteiger charge is -2.15. The summed E-state index contributed by atoms with van der Waals surface area (Å²) in [6, 6.07) is 14.2. The Morgan fingerprint density at radius 3 is 2.45 bits per heavy atom. The first-order valence-corrected chi connectivity index (χ1v) is 6.80. The summed E-state index contributed by atoms with van der Waals surface area (Å²) in [5.41, 5.74) is 1.97. The van der Waals surface area contributed by atoms with Crippen LogP contribution >= 0.6 is 11.6 Å². The molecule has 0 aromatic heterocycles. The highest BCUT2D eigenvalue weighted by atomic mass is 35.5. The molecule has 0 saturated carbocycles. The van der Waals surface area contributed by atoms with Crippen molar-refractivity contribution >= 4 is 11.6 Å². The van der Waals surface area contributed by atoms with Gasteiger partial charge in [-0.2, -0.15) is 0 Å². The fourth-order valence-corrected chi connectivity index (χ4v) is 2.20. The van der Waals surface area contributed by atoms with Gasteiger partial charge < -0.3 is 5.32 Å². The normalized spacial score (nSPS) is 12.7. The third kappa shape index (κ3) is 4.02. The molecule has 0 aliphatic heterocycles. The molecule has 0 aliphatic carbocycles. The minimum Gasteiger partial charge on any atom is -0.306 e. The van der Waals surface area contributed by atoms with E-state index in [1.54, 1.807) is 6.07 Å². The number of hydrogen-bond acceptors (Lipinski definition) is 1. The third-order valence-electron chi connectivity index (χ3n) is 3.16. The number of halogens is 3. The van der Waals surface area contributed by atoms with Crippen LogP contribution in [0.15, 0.2) is 48.5 Å². The Morgan fingerprint density at radius 2 is 1.75 bits per heavy atom. The molecular weight excluding hydrogens is 280 g/mol. The molecule has 0 spiro atoms. The van der Waals surface area contributed by atoms with Gasteiger partial charge in [0, 0.05) is 23.2 Å². The first-order valence-electron chi connectivity index (χ1n) is 6.42. The molecule has 1 atom stereocenters. The molecule has 0 amide bonds. The highest BCUT2D eigenvalue weighted by Crippen LogP contribution is 2.21. The lowest BCUT2D eigenvalue weighted by Crippen LogP contribution is -2.18. The van der Waals surface area contributed by atoms with Gasteiger partial charge in [0.05, 0.1) is 0 Å². The lowest BCUT2D eigenvalue weighted by molar-refractivity contribution is 0.151. The summed E-state index contributed by atoms with van der Waals surface area (Å²) < 4.78 is 25.2. The van der Waals surface area contributed by atoms with E-state index in [4.69, 9.17) is 11.6 Å². The van der Waals surface area contributed by atoms with E-state index in [0.717, 1.165) is 11.1 Å². The first-order chi connectivity index (χ1) is 9.56. The maximum atomic E-state index is 12.6. The number of rotatable bonds is 5. The summed E-state index contributed by atoms with van der Waals surface area (Å²) in [5, 5.41) is 4.00. The van der Waals surface area contributed by atoms with E-state index in [9.17, 15) is 8.78 Å². The number of benzene rings is 2. The predicted molar refractivity (Wildman–Crippen MR) is 78.1 cm³/mol. The summed E-state index contributed by atoms with van der Waals surface area (Å²) in [4.78, 5) is 0. The van der Waals surface area contributed by atoms with Crippen LogP contribution in [-0.4, -0.2) is 0 Å². The van der Waals surface area contributed by atoms with Crippen molar-refractivity contribution in [1.29, 1.82) is 0 Å². The Balaban J connectivity index is 1.99. The van der Waals surface area contributed by atoms with Crippen molar-refractivity contribution in [3.05, 3.63) is 70.2 Å². The Bertz CT molecular complexity index is 572. The molecule has 1 N–H and O–H groups in total. The Kier molecular flexibility index (Phi) is 5.10. The molecule has 0 unspecified atom stereocenters. The van der Waals surface area contributed by atoms with Crippen LogP contribution < -0.4 is 5.32 Å². The van der Waals surface area contributed by atoms with E-state index < -0.39 is 6.43 Å². The number of hydrogen-bond donors (Lipinski definition) is 1. The number of nitrogens with one attached hydrogen (secondary N) is 1. The minimum atomic E-state index is -2.43. The molecule has 2 aromatic rings. The molecule has 20 heavy (non-hydrogen) atoms. The maximum absolute atomic E-state index is 12.6. The molecule has 0 saturated heterocycles. The lowest BCUT2D eigenvalue weighted by atomic mass is 10.1. The molecule has 0 bridgehead atoms. The smallest absolute Gasteiger partial charge is 0.263 e. The van der Waals surface area contributed by atoms with Gasteiger partial charge in [-0.1, -0.05) is 41.9 Å². The quantitative estimate of drug-likeness (QED) is 0.806. The van der Waals surface area contributed by atoms with E-state index >= 15 is 0 Å². The van der Waals surface area contributed by atoms with Crippen molar-refractivity contribution in [3.63, 3.8) is 0 Å². The summed E-state index contributed by atoms with van der Waals surface area (Å²) in [7, 11) is 0. The first kappa shape index (κ1) is 14.9. The summed E-state index contributed by atoms with van der Waals surface area (Å²) in [6.45, 7) is 2.55. The van der Waals surface area contributed by atoms with Crippen molar-refractivity contribution in [1.82, 2.24) is 5.32 Å². The minimum absolute atomic E-state index is 0.0553.